The summed E-state index contributed by atoms with van der Waals surface area (Å²) < 4.78 is 29.1. The average molecular weight is 847 g/mol. The number of alkyl carbamates (subject to hydrolysis) is 1. The van der Waals surface area contributed by atoms with Gasteiger partial charge < -0.3 is 33.9 Å². The zero-order chi connectivity index (χ0) is 44.0. The highest BCUT2D eigenvalue weighted by Crippen LogP contribution is 2.44. The smallest absolute Gasteiger partial charge is 0.408 e. The van der Waals surface area contributed by atoms with Crippen LogP contribution in [0.3, 0.4) is 0 Å². The summed E-state index contributed by atoms with van der Waals surface area (Å²) in [7, 11) is 0.210. The largest absolute Gasteiger partial charge is 0.487 e. The van der Waals surface area contributed by atoms with Gasteiger partial charge in [-0.15, -0.1) is 0 Å². The molecule has 4 aromatic carbocycles. The molecule has 0 spiro atoms. The number of esters is 2. The van der Waals surface area contributed by atoms with Gasteiger partial charge in [-0.05, 0) is 85.3 Å². The minimum atomic E-state index is -1.34. The molecule has 1 saturated heterocycles. The van der Waals surface area contributed by atoms with Gasteiger partial charge in [0.05, 0.1) is 13.2 Å². The molecule has 11 nitrogen and oxygen atoms in total. The van der Waals surface area contributed by atoms with Gasteiger partial charge in [0.1, 0.15) is 41.7 Å². The highest BCUT2D eigenvalue weighted by Gasteiger charge is 2.49. The van der Waals surface area contributed by atoms with E-state index in [1.165, 1.54) is 11.0 Å². The molecule has 2 aliphatic rings. The van der Waals surface area contributed by atoms with Crippen molar-refractivity contribution in [2.24, 2.45) is 0 Å². The highest BCUT2D eigenvalue weighted by molar-refractivity contribution is 6.76. The third-order valence-electron chi connectivity index (χ3n) is 10.9. The van der Waals surface area contributed by atoms with Crippen LogP contribution in [0.4, 0.5) is 4.79 Å². The fourth-order valence-corrected chi connectivity index (χ4v) is 8.01. The van der Waals surface area contributed by atoms with E-state index in [9.17, 15) is 19.2 Å². The third kappa shape index (κ3) is 11.8. The summed E-state index contributed by atoms with van der Waals surface area (Å²) in [5.41, 5.74) is 4.01. The summed E-state index contributed by atoms with van der Waals surface area (Å²) in [6.45, 7) is 14.6. The molecule has 1 aliphatic heterocycles. The molecule has 1 aliphatic carbocycles. The molecular formula is C49H58N2O9Si. The predicted octanol–water partition coefficient (Wildman–Crippen LogP) is 8.65. The molecule has 1 N–H and O–H groups in total. The normalized spacial score (nSPS) is 17.3. The second kappa shape index (κ2) is 18.9. The van der Waals surface area contributed by atoms with E-state index in [-0.39, 0.29) is 18.9 Å². The number of rotatable bonds is 17. The minimum absolute atomic E-state index is 0.0879. The van der Waals surface area contributed by atoms with E-state index in [1.54, 1.807) is 58.2 Å². The van der Waals surface area contributed by atoms with Crippen LogP contribution < -0.4 is 10.1 Å². The van der Waals surface area contributed by atoms with Gasteiger partial charge in [-0.2, -0.15) is 0 Å². The third-order valence-corrected chi connectivity index (χ3v) is 12.6. The molecule has 1 heterocycles. The van der Waals surface area contributed by atoms with Crippen LogP contribution in [0.5, 0.6) is 5.75 Å². The molecule has 0 bridgehead atoms. The number of carbonyl (C=O) groups excluding carboxylic acids is 4. The lowest BCUT2D eigenvalue weighted by atomic mass is 9.98. The van der Waals surface area contributed by atoms with E-state index in [1.807, 2.05) is 61.5 Å². The molecule has 61 heavy (non-hydrogen) atoms. The zero-order valence-electron chi connectivity index (χ0n) is 36.4. The molecule has 12 heteroatoms. The van der Waals surface area contributed by atoms with Gasteiger partial charge in [0.2, 0.25) is 5.91 Å². The Bertz CT molecular complexity index is 2160. The Hall–Kier alpha value is -5.72. The lowest BCUT2D eigenvalue weighted by Crippen LogP contribution is -2.50. The fourth-order valence-electron chi connectivity index (χ4n) is 7.29. The summed E-state index contributed by atoms with van der Waals surface area (Å²) in [6, 6.07) is 31.0. The molecule has 6 rings (SSSR count). The van der Waals surface area contributed by atoms with Gasteiger partial charge in [-0.25, -0.2) is 14.4 Å². The van der Waals surface area contributed by atoms with Crippen LogP contribution in [-0.2, 0) is 39.8 Å². The first-order valence-corrected chi connectivity index (χ1v) is 24.6. The molecule has 0 aromatic heterocycles. The Labute approximate surface area is 360 Å². The topological polar surface area (TPSA) is 133 Å². The molecule has 4 atom stereocenters. The van der Waals surface area contributed by atoms with Gasteiger partial charge in [-0.1, -0.05) is 111 Å². The van der Waals surface area contributed by atoms with Crippen molar-refractivity contribution in [3.8, 4) is 16.9 Å². The number of benzene rings is 4. The number of epoxide rings is 1. The number of likely N-dealkylation sites (N-methyl/N-ethyl adjacent to an activating group) is 1. The number of hydrogen-bond acceptors (Lipinski definition) is 9. The van der Waals surface area contributed by atoms with E-state index >= 15 is 0 Å². The maximum absolute atomic E-state index is 14.7. The molecule has 2 amide bonds. The van der Waals surface area contributed by atoms with Gasteiger partial charge in [0.25, 0.3) is 0 Å². The van der Waals surface area contributed by atoms with E-state index in [2.05, 4.69) is 49.2 Å². The van der Waals surface area contributed by atoms with E-state index < -0.39 is 61.4 Å². The van der Waals surface area contributed by atoms with Crippen LogP contribution in [0.2, 0.25) is 25.7 Å². The first kappa shape index (κ1) is 44.8. The molecule has 4 aromatic rings. The number of nitrogens with one attached hydrogen (secondary N) is 1. The molecular weight excluding hydrogens is 789 g/mol. The van der Waals surface area contributed by atoms with E-state index in [0.29, 0.717) is 24.5 Å². The van der Waals surface area contributed by atoms with Crippen molar-refractivity contribution >= 4 is 32.0 Å². The Balaban J connectivity index is 1.19. The van der Waals surface area contributed by atoms with Crippen molar-refractivity contribution in [1.82, 2.24) is 10.2 Å². The predicted molar refractivity (Wildman–Crippen MR) is 237 cm³/mol. The van der Waals surface area contributed by atoms with Crippen molar-refractivity contribution < 1.29 is 42.9 Å². The van der Waals surface area contributed by atoms with Crippen molar-refractivity contribution in [3.05, 3.63) is 138 Å². The van der Waals surface area contributed by atoms with E-state index in [4.69, 9.17) is 23.7 Å². The number of amides is 2. The Morgan fingerprint density at radius 2 is 1.46 bits per heavy atom. The summed E-state index contributed by atoms with van der Waals surface area (Å²) in [5.74, 6) is -1.23. The number of nitrogens with zero attached hydrogens (tertiary/aromatic N) is 1. The van der Waals surface area contributed by atoms with Crippen LogP contribution in [0.15, 0.2) is 115 Å². The van der Waals surface area contributed by atoms with Crippen molar-refractivity contribution in [2.45, 2.75) is 95.1 Å². The summed E-state index contributed by atoms with van der Waals surface area (Å²) >= 11 is 0. The first-order valence-electron chi connectivity index (χ1n) is 20.8. The Morgan fingerprint density at radius 3 is 2.03 bits per heavy atom. The Kier molecular flexibility index (Phi) is 13.9. The maximum Gasteiger partial charge on any atom is 0.408 e. The van der Waals surface area contributed by atoms with Crippen LogP contribution in [0, 0.1) is 0 Å². The monoisotopic (exact) mass is 846 g/mol. The lowest BCUT2D eigenvalue weighted by Gasteiger charge is -2.31. The molecule has 0 saturated carbocycles. The number of hydrogen-bond donors (Lipinski definition) is 1. The van der Waals surface area contributed by atoms with Gasteiger partial charge in [0.15, 0.2) is 0 Å². The maximum atomic E-state index is 14.7. The first-order chi connectivity index (χ1) is 28.9. The number of ether oxygens (including phenoxy) is 5. The number of carbonyl (C=O) groups is 4. The lowest BCUT2D eigenvalue weighted by molar-refractivity contribution is -0.155. The highest BCUT2D eigenvalue weighted by atomic mass is 28.3. The van der Waals surface area contributed by atoms with Crippen molar-refractivity contribution in [1.29, 1.82) is 0 Å². The molecule has 322 valence electrons. The Morgan fingerprint density at radius 1 is 0.869 bits per heavy atom. The van der Waals surface area contributed by atoms with Crippen LogP contribution in [-0.4, -0.2) is 87.1 Å². The number of fused-ring (bicyclic) bond motifs is 3. The summed E-state index contributed by atoms with van der Waals surface area (Å²) in [4.78, 5) is 56.0. The minimum Gasteiger partial charge on any atom is -0.487 e. The molecule has 0 radical (unpaired) electrons. The second-order valence-corrected chi connectivity index (χ2v) is 23.6. The van der Waals surface area contributed by atoms with Crippen molar-refractivity contribution in [3.63, 3.8) is 0 Å². The van der Waals surface area contributed by atoms with Crippen molar-refractivity contribution in [2.75, 3.05) is 26.9 Å². The second-order valence-electron chi connectivity index (χ2n) is 18.0. The van der Waals surface area contributed by atoms with Gasteiger partial charge in [0, 0.05) is 33.5 Å². The van der Waals surface area contributed by atoms with Crippen LogP contribution in [0.25, 0.3) is 11.1 Å². The van der Waals surface area contributed by atoms with E-state index in [0.717, 1.165) is 33.9 Å². The van der Waals surface area contributed by atoms with Crippen LogP contribution in [0.1, 0.15) is 61.9 Å². The van der Waals surface area contributed by atoms with Crippen LogP contribution >= 0.6 is 0 Å². The average Bonchev–Trinajstić information content (AvgIpc) is 3.95. The fraction of sp³-hybridized carbons (Fsp3) is 0.388. The summed E-state index contributed by atoms with van der Waals surface area (Å²) in [6.07, 6.45) is 1.98. The molecule has 1 fully saturated rings. The zero-order valence-corrected chi connectivity index (χ0v) is 37.4. The quantitative estimate of drug-likeness (QED) is 0.0365. The van der Waals surface area contributed by atoms with Gasteiger partial charge in [-0.3, -0.25) is 4.79 Å². The summed E-state index contributed by atoms with van der Waals surface area (Å²) in [5, 5.41) is 2.76. The molecule has 0 unspecified atom stereocenters. The SMILES string of the molecule is C[C@@H](Oc1ccc([C@H](NC(=O)OC(C)(C)C)C(=O)N(C)[C@@H](Cc2ccccc2)C(=O)OCC2c3ccccc3-c3ccccc32)cc1)[C@]1(/C=C/C(=O)OCC[Si](C)(C)C)CO1. The van der Waals surface area contributed by atoms with Gasteiger partial charge >= 0.3 is 18.0 Å². The standard InChI is InChI=1S/C49H58N2O9Si/c1-33(49(32-58-49)27-26-43(52)56-28-29-61(6,7)8)59-36-24-22-35(23-25-36)44(50-47(55)60-48(2,3)4)45(53)51(5)42(30-34-16-10-9-11-17-34)46(54)57-31-41-39-20-14-12-18-37(39)38-19-13-15-21-40(38)41/h9-27,33,41-42,44H,28-32H2,1-8H3,(H,50,55)/b27-26+/t33-,42+,44+,49+/m1/s1.